The summed E-state index contributed by atoms with van der Waals surface area (Å²) in [7, 11) is 0. The molecule has 3 N–H and O–H groups in total. The fourth-order valence-corrected chi connectivity index (χ4v) is 1.82. The van der Waals surface area contributed by atoms with Crippen molar-refractivity contribution in [2.24, 2.45) is 5.73 Å². The highest BCUT2D eigenvalue weighted by molar-refractivity contribution is 5.73. The van der Waals surface area contributed by atoms with Crippen LogP contribution in [-0.2, 0) is 16.1 Å². The first kappa shape index (κ1) is 10.9. The molecule has 0 radical (unpaired) electrons. The van der Waals surface area contributed by atoms with Gasteiger partial charge in [0.1, 0.15) is 6.54 Å². The van der Waals surface area contributed by atoms with E-state index < -0.39 is 5.91 Å². The van der Waals surface area contributed by atoms with E-state index in [9.17, 15) is 4.79 Å². The van der Waals surface area contributed by atoms with E-state index in [1.54, 1.807) is 12.4 Å². The van der Waals surface area contributed by atoms with Crippen molar-refractivity contribution in [3.8, 4) is 0 Å². The van der Waals surface area contributed by atoms with Gasteiger partial charge < -0.3 is 15.8 Å². The number of anilines is 1. The SMILES string of the molecule is CC1OCCC1Nc1cnn(CC(N)=O)c1. The number of amides is 1. The Labute approximate surface area is 93.8 Å². The lowest BCUT2D eigenvalue weighted by molar-refractivity contribution is -0.118. The Bertz CT molecular complexity index is 377. The Kier molecular flexibility index (Phi) is 3.09. The topological polar surface area (TPSA) is 82.2 Å². The third-order valence-electron chi connectivity index (χ3n) is 2.68. The molecule has 1 aliphatic rings. The van der Waals surface area contributed by atoms with Gasteiger partial charge in [0.2, 0.25) is 5.91 Å². The van der Waals surface area contributed by atoms with Gasteiger partial charge in [-0.3, -0.25) is 9.48 Å². The number of aromatic nitrogens is 2. The molecule has 0 aliphatic carbocycles. The van der Waals surface area contributed by atoms with Crippen LogP contribution in [0.4, 0.5) is 5.69 Å². The first-order chi connectivity index (χ1) is 7.65. The molecule has 1 aromatic rings. The van der Waals surface area contributed by atoms with E-state index in [1.165, 1.54) is 4.68 Å². The van der Waals surface area contributed by atoms with E-state index >= 15 is 0 Å². The molecule has 2 rings (SSSR count). The van der Waals surface area contributed by atoms with Crippen LogP contribution in [0.3, 0.4) is 0 Å². The van der Waals surface area contributed by atoms with Crippen molar-refractivity contribution in [3.05, 3.63) is 12.4 Å². The normalized spacial score (nSPS) is 24.6. The zero-order valence-electron chi connectivity index (χ0n) is 9.22. The summed E-state index contributed by atoms with van der Waals surface area (Å²) in [6.07, 6.45) is 4.66. The van der Waals surface area contributed by atoms with E-state index in [2.05, 4.69) is 10.4 Å². The highest BCUT2D eigenvalue weighted by Crippen LogP contribution is 2.18. The van der Waals surface area contributed by atoms with Crippen LogP contribution in [-0.4, -0.2) is 34.4 Å². The molecule has 2 heterocycles. The van der Waals surface area contributed by atoms with Gasteiger partial charge in [0.25, 0.3) is 0 Å². The molecule has 1 amide bonds. The second-order valence-electron chi connectivity index (χ2n) is 4.01. The van der Waals surface area contributed by atoms with Gasteiger partial charge in [0.05, 0.1) is 24.0 Å². The van der Waals surface area contributed by atoms with Gasteiger partial charge in [-0.05, 0) is 13.3 Å². The summed E-state index contributed by atoms with van der Waals surface area (Å²) in [5.74, 6) is -0.396. The molecule has 0 bridgehead atoms. The maximum Gasteiger partial charge on any atom is 0.239 e. The first-order valence-corrected chi connectivity index (χ1v) is 5.34. The molecule has 1 saturated heterocycles. The third kappa shape index (κ3) is 2.52. The maximum atomic E-state index is 10.7. The van der Waals surface area contributed by atoms with Crippen LogP contribution < -0.4 is 11.1 Å². The van der Waals surface area contributed by atoms with Crippen molar-refractivity contribution >= 4 is 11.6 Å². The van der Waals surface area contributed by atoms with Crippen LogP contribution in [0.15, 0.2) is 12.4 Å². The minimum Gasteiger partial charge on any atom is -0.377 e. The summed E-state index contributed by atoms with van der Waals surface area (Å²) in [6.45, 7) is 2.94. The predicted molar refractivity (Wildman–Crippen MR) is 58.9 cm³/mol. The van der Waals surface area contributed by atoms with Crippen LogP contribution in [0, 0.1) is 0 Å². The van der Waals surface area contributed by atoms with Crippen LogP contribution in [0.25, 0.3) is 0 Å². The van der Waals surface area contributed by atoms with Gasteiger partial charge in [0.15, 0.2) is 0 Å². The van der Waals surface area contributed by atoms with Gasteiger partial charge in [-0.25, -0.2) is 0 Å². The number of carbonyl (C=O) groups is 1. The average molecular weight is 224 g/mol. The van der Waals surface area contributed by atoms with Gasteiger partial charge >= 0.3 is 0 Å². The third-order valence-corrected chi connectivity index (χ3v) is 2.68. The molecule has 0 aromatic carbocycles. The van der Waals surface area contributed by atoms with Crippen molar-refractivity contribution in [2.75, 3.05) is 11.9 Å². The van der Waals surface area contributed by atoms with Gasteiger partial charge in [0, 0.05) is 12.8 Å². The van der Waals surface area contributed by atoms with E-state index in [4.69, 9.17) is 10.5 Å². The summed E-state index contributed by atoms with van der Waals surface area (Å²) in [5, 5.41) is 7.36. The van der Waals surface area contributed by atoms with E-state index in [-0.39, 0.29) is 12.6 Å². The second kappa shape index (κ2) is 4.52. The van der Waals surface area contributed by atoms with Gasteiger partial charge in [-0.2, -0.15) is 5.10 Å². The molecule has 16 heavy (non-hydrogen) atoms. The molecule has 1 fully saturated rings. The predicted octanol–water partition coefficient (Wildman–Crippen LogP) is -0.0423. The minimum absolute atomic E-state index is 0.110. The number of nitrogens with two attached hydrogens (primary N) is 1. The van der Waals surface area contributed by atoms with Gasteiger partial charge in [-0.15, -0.1) is 0 Å². The Morgan fingerprint density at radius 3 is 3.25 bits per heavy atom. The van der Waals surface area contributed by atoms with Crippen molar-refractivity contribution in [2.45, 2.75) is 32.0 Å². The molecule has 88 valence electrons. The van der Waals surface area contributed by atoms with Crippen LogP contribution in [0.1, 0.15) is 13.3 Å². The number of nitrogens with one attached hydrogen (secondary N) is 1. The fraction of sp³-hybridized carbons (Fsp3) is 0.600. The number of hydrogen-bond acceptors (Lipinski definition) is 4. The Hall–Kier alpha value is -1.56. The molecule has 0 spiro atoms. The summed E-state index contributed by atoms with van der Waals surface area (Å²) < 4.78 is 6.96. The quantitative estimate of drug-likeness (QED) is 0.751. The summed E-state index contributed by atoms with van der Waals surface area (Å²) in [4.78, 5) is 10.7. The molecule has 2 atom stereocenters. The highest BCUT2D eigenvalue weighted by atomic mass is 16.5. The lowest BCUT2D eigenvalue weighted by Gasteiger charge is -2.15. The Morgan fingerprint density at radius 2 is 2.62 bits per heavy atom. The summed E-state index contributed by atoms with van der Waals surface area (Å²) >= 11 is 0. The van der Waals surface area contributed by atoms with Gasteiger partial charge in [-0.1, -0.05) is 0 Å². The lowest BCUT2D eigenvalue weighted by atomic mass is 10.1. The largest absolute Gasteiger partial charge is 0.377 e. The maximum absolute atomic E-state index is 10.7. The molecule has 6 nitrogen and oxygen atoms in total. The molecular formula is C10H16N4O2. The first-order valence-electron chi connectivity index (χ1n) is 5.34. The molecule has 0 saturated carbocycles. The Balaban J connectivity index is 1.94. The Morgan fingerprint density at radius 1 is 1.81 bits per heavy atom. The van der Waals surface area contributed by atoms with Crippen LogP contribution >= 0.6 is 0 Å². The average Bonchev–Trinajstić information content (AvgIpc) is 2.77. The molecular weight excluding hydrogens is 208 g/mol. The molecule has 6 heteroatoms. The van der Waals surface area contributed by atoms with E-state index in [0.29, 0.717) is 6.04 Å². The number of carbonyl (C=O) groups excluding carboxylic acids is 1. The number of nitrogens with zero attached hydrogens (tertiary/aromatic N) is 2. The van der Waals surface area contributed by atoms with E-state index in [1.807, 2.05) is 6.92 Å². The fourth-order valence-electron chi connectivity index (χ4n) is 1.82. The number of hydrogen-bond donors (Lipinski definition) is 2. The highest BCUT2D eigenvalue weighted by Gasteiger charge is 2.24. The van der Waals surface area contributed by atoms with Crippen molar-refractivity contribution in [1.29, 1.82) is 0 Å². The zero-order chi connectivity index (χ0) is 11.5. The van der Waals surface area contributed by atoms with Crippen molar-refractivity contribution in [1.82, 2.24) is 9.78 Å². The number of ether oxygens (including phenoxy) is 1. The van der Waals surface area contributed by atoms with Crippen molar-refractivity contribution in [3.63, 3.8) is 0 Å². The van der Waals surface area contributed by atoms with Crippen LogP contribution in [0.2, 0.25) is 0 Å². The summed E-state index contributed by atoms with van der Waals surface area (Å²) in [5.41, 5.74) is 5.97. The standard InChI is InChI=1S/C10H16N4O2/c1-7-9(2-3-16-7)13-8-4-12-14(5-8)6-10(11)15/h4-5,7,9,13H,2-3,6H2,1H3,(H2,11,15). The lowest BCUT2D eigenvalue weighted by Crippen LogP contribution is -2.26. The van der Waals surface area contributed by atoms with Crippen LogP contribution in [0.5, 0.6) is 0 Å². The van der Waals surface area contributed by atoms with E-state index in [0.717, 1.165) is 18.7 Å². The molecule has 2 unspecified atom stereocenters. The minimum atomic E-state index is -0.396. The zero-order valence-corrected chi connectivity index (χ0v) is 9.22. The molecule has 1 aliphatic heterocycles. The second-order valence-corrected chi connectivity index (χ2v) is 4.01. The number of rotatable bonds is 4. The molecule has 1 aromatic heterocycles. The number of primary amides is 1. The smallest absolute Gasteiger partial charge is 0.239 e. The summed E-state index contributed by atoms with van der Waals surface area (Å²) in [6, 6.07) is 0.311. The monoisotopic (exact) mass is 224 g/mol. The van der Waals surface area contributed by atoms with Crippen molar-refractivity contribution < 1.29 is 9.53 Å².